The van der Waals surface area contributed by atoms with Crippen LogP contribution in [0.1, 0.15) is 19.4 Å². The summed E-state index contributed by atoms with van der Waals surface area (Å²) in [6.45, 7) is 5.58. The van der Waals surface area contributed by atoms with Crippen molar-refractivity contribution in [1.29, 1.82) is 0 Å². The zero-order chi connectivity index (χ0) is 14.0. The Morgan fingerprint density at radius 2 is 2.37 bits per heavy atom. The molecule has 0 saturated carbocycles. The van der Waals surface area contributed by atoms with Gasteiger partial charge in [-0.2, -0.15) is 0 Å². The molecule has 0 amide bonds. The number of hydrogen-bond acceptors (Lipinski definition) is 5. The SMILES string of the molecule is CC1(C)CN(c2nccc(CN)c2Cl)CC(CO)O1. The minimum atomic E-state index is -0.352. The molecule has 5 nitrogen and oxygen atoms in total. The largest absolute Gasteiger partial charge is 0.394 e. The van der Waals surface area contributed by atoms with E-state index in [0.717, 1.165) is 5.56 Å². The predicted octanol–water partition coefficient (Wildman–Crippen LogP) is 1.17. The van der Waals surface area contributed by atoms with Gasteiger partial charge in [-0.15, -0.1) is 0 Å². The molecule has 1 aliphatic rings. The second-order valence-corrected chi connectivity index (χ2v) is 5.75. The molecule has 1 aliphatic heterocycles. The number of hydrogen-bond donors (Lipinski definition) is 2. The molecule has 1 atom stereocenters. The van der Waals surface area contributed by atoms with Crippen molar-refractivity contribution >= 4 is 17.4 Å². The number of nitrogens with two attached hydrogens (primary N) is 1. The average molecular weight is 286 g/mol. The number of halogens is 1. The number of aliphatic hydroxyl groups is 1. The van der Waals surface area contributed by atoms with Gasteiger partial charge in [-0.1, -0.05) is 11.6 Å². The highest BCUT2D eigenvalue weighted by Gasteiger charge is 2.34. The molecule has 2 heterocycles. The summed E-state index contributed by atoms with van der Waals surface area (Å²) in [5.41, 5.74) is 6.18. The van der Waals surface area contributed by atoms with Crippen molar-refractivity contribution < 1.29 is 9.84 Å². The first kappa shape index (κ1) is 14.5. The fraction of sp³-hybridized carbons (Fsp3) is 0.615. The average Bonchev–Trinajstić information content (AvgIpc) is 2.37. The first-order chi connectivity index (χ1) is 8.96. The third-order valence-electron chi connectivity index (χ3n) is 3.16. The molecule has 1 fully saturated rings. The van der Waals surface area contributed by atoms with E-state index in [1.807, 2.05) is 24.8 Å². The van der Waals surface area contributed by atoms with E-state index in [9.17, 15) is 5.11 Å². The normalized spacial score (nSPS) is 22.6. The quantitative estimate of drug-likeness (QED) is 0.872. The molecular formula is C13H20ClN3O2. The number of aliphatic hydroxyl groups excluding tert-OH is 1. The van der Waals surface area contributed by atoms with Crippen molar-refractivity contribution in [3.63, 3.8) is 0 Å². The molecule has 0 aromatic carbocycles. The molecule has 1 aromatic heterocycles. The third kappa shape index (κ3) is 3.17. The van der Waals surface area contributed by atoms with Crippen molar-refractivity contribution in [2.24, 2.45) is 5.73 Å². The molecule has 0 spiro atoms. The van der Waals surface area contributed by atoms with Crippen molar-refractivity contribution in [3.8, 4) is 0 Å². The number of anilines is 1. The number of pyridine rings is 1. The van der Waals surface area contributed by atoms with Crippen LogP contribution in [0, 0.1) is 0 Å². The number of morpholine rings is 1. The summed E-state index contributed by atoms with van der Waals surface area (Å²) in [5, 5.41) is 9.92. The van der Waals surface area contributed by atoms with Crippen molar-refractivity contribution in [2.75, 3.05) is 24.6 Å². The fourth-order valence-corrected chi connectivity index (χ4v) is 2.71. The molecule has 1 unspecified atom stereocenters. The van der Waals surface area contributed by atoms with Crippen LogP contribution in [0.4, 0.5) is 5.82 Å². The predicted molar refractivity (Wildman–Crippen MR) is 75.4 cm³/mol. The highest BCUT2D eigenvalue weighted by atomic mass is 35.5. The number of rotatable bonds is 3. The Kier molecular flexibility index (Phi) is 4.30. The summed E-state index contributed by atoms with van der Waals surface area (Å²) >= 11 is 6.34. The van der Waals surface area contributed by atoms with Crippen LogP contribution in [0.5, 0.6) is 0 Å². The van der Waals surface area contributed by atoms with Crippen molar-refractivity contribution in [2.45, 2.75) is 32.1 Å². The van der Waals surface area contributed by atoms with Gasteiger partial charge in [0.05, 0.1) is 23.3 Å². The summed E-state index contributed by atoms with van der Waals surface area (Å²) < 4.78 is 5.78. The van der Waals surface area contributed by atoms with Gasteiger partial charge in [0.2, 0.25) is 0 Å². The molecule has 0 radical (unpaired) electrons. The van der Waals surface area contributed by atoms with Crippen LogP contribution in [0.15, 0.2) is 12.3 Å². The summed E-state index contributed by atoms with van der Waals surface area (Å²) in [5.74, 6) is 0.708. The van der Waals surface area contributed by atoms with Crippen LogP contribution >= 0.6 is 11.6 Å². The Hall–Kier alpha value is -0.880. The highest BCUT2D eigenvalue weighted by Crippen LogP contribution is 2.31. The molecule has 6 heteroatoms. The van der Waals surface area contributed by atoms with Crippen molar-refractivity contribution in [1.82, 2.24) is 4.98 Å². The van der Waals surface area contributed by atoms with Gasteiger partial charge in [0.15, 0.2) is 0 Å². The van der Waals surface area contributed by atoms with Gasteiger partial charge in [-0.3, -0.25) is 0 Å². The Bertz CT molecular complexity index is 454. The standard InChI is InChI=1S/C13H20ClN3O2/c1-13(2)8-17(6-10(7-18)19-13)12-11(14)9(5-15)3-4-16-12/h3-4,10,18H,5-8,15H2,1-2H3. The lowest BCUT2D eigenvalue weighted by Crippen LogP contribution is -2.54. The highest BCUT2D eigenvalue weighted by molar-refractivity contribution is 6.33. The minimum absolute atomic E-state index is 0.0197. The molecule has 0 aliphatic carbocycles. The lowest BCUT2D eigenvalue weighted by Gasteiger charge is -2.43. The van der Waals surface area contributed by atoms with Gasteiger partial charge in [0.25, 0.3) is 0 Å². The maximum Gasteiger partial charge on any atom is 0.147 e. The third-order valence-corrected chi connectivity index (χ3v) is 3.57. The lowest BCUT2D eigenvalue weighted by atomic mass is 10.1. The molecule has 19 heavy (non-hydrogen) atoms. The molecule has 0 bridgehead atoms. The van der Waals surface area contributed by atoms with E-state index in [1.165, 1.54) is 0 Å². The maximum absolute atomic E-state index is 9.33. The van der Waals surface area contributed by atoms with E-state index in [-0.39, 0.29) is 18.3 Å². The second-order valence-electron chi connectivity index (χ2n) is 5.37. The second kappa shape index (κ2) is 5.63. The van der Waals surface area contributed by atoms with Gasteiger partial charge in [-0.25, -0.2) is 4.98 Å². The molecule has 1 saturated heterocycles. The van der Waals surface area contributed by atoms with E-state index >= 15 is 0 Å². The summed E-state index contributed by atoms with van der Waals surface area (Å²) in [6.07, 6.45) is 1.47. The first-order valence-electron chi connectivity index (χ1n) is 6.34. The van der Waals surface area contributed by atoms with Crippen LogP contribution in [0.2, 0.25) is 5.02 Å². The Labute approximate surface area is 118 Å². The van der Waals surface area contributed by atoms with Gasteiger partial charge in [-0.05, 0) is 25.5 Å². The van der Waals surface area contributed by atoms with Gasteiger partial charge < -0.3 is 20.5 Å². The van der Waals surface area contributed by atoms with Crippen LogP contribution in [0.25, 0.3) is 0 Å². The van der Waals surface area contributed by atoms with Crippen LogP contribution < -0.4 is 10.6 Å². The van der Waals surface area contributed by atoms with Gasteiger partial charge in [0, 0.05) is 25.8 Å². The zero-order valence-electron chi connectivity index (χ0n) is 11.3. The molecule has 106 valence electrons. The van der Waals surface area contributed by atoms with Gasteiger partial charge in [0.1, 0.15) is 5.82 Å². The molecule has 2 rings (SSSR count). The van der Waals surface area contributed by atoms with Crippen LogP contribution in [0.3, 0.4) is 0 Å². The Morgan fingerprint density at radius 1 is 1.63 bits per heavy atom. The van der Waals surface area contributed by atoms with Crippen LogP contribution in [-0.4, -0.2) is 41.5 Å². The maximum atomic E-state index is 9.33. The van der Waals surface area contributed by atoms with E-state index in [0.29, 0.717) is 30.5 Å². The number of nitrogens with zero attached hydrogens (tertiary/aromatic N) is 2. The smallest absolute Gasteiger partial charge is 0.147 e. The topological polar surface area (TPSA) is 71.6 Å². The number of aromatic nitrogens is 1. The summed E-state index contributed by atoms with van der Waals surface area (Å²) in [4.78, 5) is 6.39. The zero-order valence-corrected chi connectivity index (χ0v) is 12.0. The Balaban J connectivity index is 2.30. The van der Waals surface area contributed by atoms with Crippen LogP contribution in [-0.2, 0) is 11.3 Å². The van der Waals surface area contributed by atoms with Crippen molar-refractivity contribution in [3.05, 3.63) is 22.8 Å². The molecular weight excluding hydrogens is 266 g/mol. The lowest BCUT2D eigenvalue weighted by molar-refractivity contribution is -0.101. The first-order valence-corrected chi connectivity index (χ1v) is 6.71. The molecule has 1 aromatic rings. The fourth-order valence-electron chi connectivity index (χ4n) is 2.40. The van der Waals surface area contributed by atoms with E-state index in [4.69, 9.17) is 22.1 Å². The summed E-state index contributed by atoms with van der Waals surface area (Å²) in [7, 11) is 0. The minimum Gasteiger partial charge on any atom is -0.394 e. The Morgan fingerprint density at radius 3 is 3.00 bits per heavy atom. The van der Waals surface area contributed by atoms with E-state index in [2.05, 4.69) is 4.98 Å². The number of ether oxygens (including phenoxy) is 1. The van der Waals surface area contributed by atoms with E-state index in [1.54, 1.807) is 6.20 Å². The monoisotopic (exact) mass is 285 g/mol. The van der Waals surface area contributed by atoms with E-state index < -0.39 is 0 Å². The summed E-state index contributed by atoms with van der Waals surface area (Å²) in [6, 6.07) is 1.82. The molecule has 3 N–H and O–H groups in total. The van der Waals surface area contributed by atoms with Gasteiger partial charge >= 0.3 is 0 Å².